The van der Waals surface area contributed by atoms with Gasteiger partial charge in [-0.2, -0.15) is 5.26 Å². The highest BCUT2D eigenvalue weighted by molar-refractivity contribution is 8.00. The standard InChI is InChI=1S/C11H12N2S2/c1-14-9-2-3-10-11(6-9)15-7-8(13-10)4-5-12/h2-3,6,8,13H,4,7H2,1H3. The van der Waals surface area contributed by atoms with E-state index in [1.807, 2.05) is 11.8 Å². The molecule has 0 bridgehead atoms. The highest BCUT2D eigenvalue weighted by atomic mass is 32.2. The van der Waals surface area contributed by atoms with Crippen LogP contribution in [0.3, 0.4) is 0 Å². The molecule has 4 heteroatoms. The highest BCUT2D eigenvalue weighted by Gasteiger charge is 2.17. The van der Waals surface area contributed by atoms with E-state index < -0.39 is 0 Å². The molecule has 0 aromatic heterocycles. The van der Waals surface area contributed by atoms with Crippen molar-refractivity contribution in [2.45, 2.75) is 22.3 Å². The van der Waals surface area contributed by atoms with Crippen molar-refractivity contribution in [3.05, 3.63) is 18.2 Å². The molecule has 1 atom stereocenters. The minimum Gasteiger partial charge on any atom is -0.380 e. The van der Waals surface area contributed by atoms with Crippen molar-refractivity contribution < 1.29 is 0 Å². The number of hydrogen-bond acceptors (Lipinski definition) is 4. The monoisotopic (exact) mass is 236 g/mol. The summed E-state index contributed by atoms with van der Waals surface area (Å²) in [5, 5.41) is 12.0. The summed E-state index contributed by atoms with van der Waals surface area (Å²) in [6, 6.07) is 8.94. The lowest BCUT2D eigenvalue weighted by Gasteiger charge is -2.25. The first kappa shape index (κ1) is 10.7. The van der Waals surface area contributed by atoms with Crippen LogP contribution in [0.1, 0.15) is 6.42 Å². The normalized spacial score (nSPS) is 18.8. The number of rotatable bonds is 2. The van der Waals surface area contributed by atoms with E-state index in [1.165, 1.54) is 15.5 Å². The van der Waals surface area contributed by atoms with Crippen LogP contribution in [0.2, 0.25) is 0 Å². The quantitative estimate of drug-likeness (QED) is 0.800. The molecule has 1 aromatic carbocycles. The second-order valence-electron chi connectivity index (χ2n) is 3.38. The Bertz CT molecular complexity index is 398. The fourth-order valence-electron chi connectivity index (χ4n) is 1.54. The number of thioether (sulfide) groups is 2. The lowest BCUT2D eigenvalue weighted by atomic mass is 10.2. The molecule has 1 aliphatic rings. The fraction of sp³-hybridized carbons (Fsp3) is 0.364. The van der Waals surface area contributed by atoms with Gasteiger partial charge in [0, 0.05) is 27.3 Å². The second-order valence-corrected chi connectivity index (χ2v) is 5.32. The summed E-state index contributed by atoms with van der Waals surface area (Å²) in [5.41, 5.74) is 1.17. The molecular weight excluding hydrogens is 224 g/mol. The van der Waals surface area contributed by atoms with E-state index in [4.69, 9.17) is 5.26 Å². The Morgan fingerprint density at radius 3 is 3.27 bits per heavy atom. The molecule has 1 N–H and O–H groups in total. The number of fused-ring (bicyclic) bond motifs is 1. The molecule has 0 saturated heterocycles. The zero-order valence-electron chi connectivity index (χ0n) is 8.49. The Balaban J connectivity index is 2.18. The summed E-state index contributed by atoms with van der Waals surface area (Å²) >= 11 is 3.60. The first-order chi connectivity index (χ1) is 7.33. The highest BCUT2D eigenvalue weighted by Crippen LogP contribution is 2.36. The van der Waals surface area contributed by atoms with Crippen molar-refractivity contribution in [1.82, 2.24) is 0 Å². The van der Waals surface area contributed by atoms with Crippen LogP contribution in [0.4, 0.5) is 5.69 Å². The van der Waals surface area contributed by atoms with Gasteiger partial charge in [0.1, 0.15) is 0 Å². The van der Waals surface area contributed by atoms with E-state index in [0.717, 1.165) is 5.75 Å². The summed E-state index contributed by atoms with van der Waals surface area (Å²) in [5.74, 6) is 0.985. The van der Waals surface area contributed by atoms with Gasteiger partial charge in [0.15, 0.2) is 0 Å². The van der Waals surface area contributed by atoms with E-state index in [9.17, 15) is 0 Å². The summed E-state index contributed by atoms with van der Waals surface area (Å²) in [6.45, 7) is 0. The molecule has 1 aromatic rings. The molecule has 1 unspecified atom stereocenters. The van der Waals surface area contributed by atoms with Crippen LogP contribution in [-0.4, -0.2) is 18.1 Å². The molecule has 2 nitrogen and oxygen atoms in total. The van der Waals surface area contributed by atoms with Crippen LogP contribution >= 0.6 is 23.5 Å². The third-order valence-corrected chi connectivity index (χ3v) is 4.27. The predicted octanol–water partition coefficient (Wildman–Crippen LogP) is 3.21. The van der Waals surface area contributed by atoms with Crippen LogP contribution in [0.5, 0.6) is 0 Å². The number of nitrogens with zero attached hydrogens (tertiary/aromatic N) is 1. The van der Waals surface area contributed by atoms with Crippen LogP contribution in [-0.2, 0) is 0 Å². The van der Waals surface area contributed by atoms with Gasteiger partial charge in [-0.25, -0.2) is 0 Å². The molecule has 1 aliphatic heterocycles. The maximum atomic E-state index is 8.65. The topological polar surface area (TPSA) is 35.8 Å². The molecule has 0 amide bonds. The lowest BCUT2D eigenvalue weighted by molar-refractivity contribution is 0.819. The Morgan fingerprint density at radius 2 is 2.53 bits per heavy atom. The van der Waals surface area contributed by atoms with E-state index in [0.29, 0.717) is 12.5 Å². The predicted molar refractivity (Wildman–Crippen MR) is 66.6 cm³/mol. The summed E-state index contributed by atoms with van der Waals surface area (Å²) in [7, 11) is 0. The van der Waals surface area contributed by atoms with Crippen molar-refractivity contribution in [2.75, 3.05) is 17.3 Å². The van der Waals surface area contributed by atoms with E-state index in [-0.39, 0.29) is 0 Å². The molecule has 0 radical (unpaired) electrons. The molecule has 0 saturated carbocycles. The van der Waals surface area contributed by atoms with Gasteiger partial charge in [0.05, 0.1) is 12.5 Å². The summed E-state index contributed by atoms with van der Waals surface area (Å²) < 4.78 is 0. The van der Waals surface area contributed by atoms with Crippen molar-refractivity contribution in [1.29, 1.82) is 5.26 Å². The minimum absolute atomic E-state index is 0.299. The second kappa shape index (κ2) is 4.82. The lowest BCUT2D eigenvalue weighted by Crippen LogP contribution is -2.25. The molecule has 78 valence electrons. The number of nitrogens with one attached hydrogen (secondary N) is 1. The van der Waals surface area contributed by atoms with Crippen LogP contribution < -0.4 is 5.32 Å². The molecule has 0 fully saturated rings. The number of anilines is 1. The van der Waals surface area contributed by atoms with Crippen LogP contribution in [0.15, 0.2) is 28.0 Å². The van der Waals surface area contributed by atoms with E-state index >= 15 is 0 Å². The van der Waals surface area contributed by atoms with Gasteiger partial charge in [0.2, 0.25) is 0 Å². The molecular formula is C11H12N2S2. The van der Waals surface area contributed by atoms with E-state index in [2.05, 4.69) is 35.8 Å². The van der Waals surface area contributed by atoms with Gasteiger partial charge in [-0.05, 0) is 24.5 Å². The summed E-state index contributed by atoms with van der Waals surface area (Å²) in [4.78, 5) is 2.60. The zero-order chi connectivity index (χ0) is 10.7. The van der Waals surface area contributed by atoms with Crippen molar-refractivity contribution >= 4 is 29.2 Å². The van der Waals surface area contributed by atoms with Crippen molar-refractivity contribution in [3.63, 3.8) is 0 Å². The number of hydrogen-bond donors (Lipinski definition) is 1. The first-order valence-electron chi connectivity index (χ1n) is 4.78. The Morgan fingerprint density at radius 1 is 1.67 bits per heavy atom. The van der Waals surface area contributed by atoms with E-state index in [1.54, 1.807) is 11.8 Å². The van der Waals surface area contributed by atoms with Crippen molar-refractivity contribution in [2.24, 2.45) is 0 Å². The third-order valence-electron chi connectivity index (χ3n) is 2.33. The Kier molecular flexibility index (Phi) is 3.45. The number of nitriles is 1. The molecule has 2 rings (SSSR count). The Labute approximate surface area is 98.4 Å². The van der Waals surface area contributed by atoms with Gasteiger partial charge >= 0.3 is 0 Å². The van der Waals surface area contributed by atoms with Gasteiger partial charge in [-0.1, -0.05) is 0 Å². The number of benzene rings is 1. The van der Waals surface area contributed by atoms with Crippen molar-refractivity contribution in [3.8, 4) is 6.07 Å². The fourth-order valence-corrected chi connectivity index (χ4v) is 3.13. The Hall–Kier alpha value is -0.790. The van der Waals surface area contributed by atoms with Crippen LogP contribution in [0, 0.1) is 11.3 Å². The molecule has 0 spiro atoms. The average molecular weight is 236 g/mol. The van der Waals surface area contributed by atoms with Gasteiger partial charge in [0.25, 0.3) is 0 Å². The van der Waals surface area contributed by atoms with Gasteiger partial charge in [-0.15, -0.1) is 23.5 Å². The zero-order valence-corrected chi connectivity index (χ0v) is 10.1. The molecule has 1 heterocycles. The molecule has 15 heavy (non-hydrogen) atoms. The van der Waals surface area contributed by atoms with Gasteiger partial charge < -0.3 is 5.32 Å². The largest absolute Gasteiger partial charge is 0.380 e. The maximum Gasteiger partial charge on any atom is 0.0643 e. The molecule has 0 aliphatic carbocycles. The minimum atomic E-state index is 0.299. The first-order valence-corrected chi connectivity index (χ1v) is 6.99. The maximum absolute atomic E-state index is 8.65. The van der Waals surface area contributed by atoms with Crippen LogP contribution in [0.25, 0.3) is 0 Å². The summed E-state index contributed by atoms with van der Waals surface area (Å²) in [6.07, 6.45) is 2.66. The average Bonchev–Trinajstić information content (AvgIpc) is 2.29. The smallest absolute Gasteiger partial charge is 0.0643 e. The third kappa shape index (κ3) is 2.42. The van der Waals surface area contributed by atoms with Gasteiger partial charge in [-0.3, -0.25) is 0 Å². The SMILES string of the molecule is CSc1ccc2c(c1)SCC(CC#N)N2.